The second kappa shape index (κ2) is 8.85. The zero-order chi connectivity index (χ0) is 17.5. The van der Waals surface area contributed by atoms with E-state index in [1.54, 1.807) is 17.9 Å². The Morgan fingerprint density at radius 2 is 2.17 bits per heavy atom. The highest BCUT2D eigenvalue weighted by Gasteiger charge is 2.30. The lowest BCUT2D eigenvalue weighted by Gasteiger charge is -2.26. The second-order valence-corrected chi connectivity index (χ2v) is 6.78. The van der Waals surface area contributed by atoms with Crippen LogP contribution in [0.2, 0.25) is 0 Å². The summed E-state index contributed by atoms with van der Waals surface area (Å²) in [4.78, 5) is 26.9. The van der Waals surface area contributed by atoms with Gasteiger partial charge in [-0.3, -0.25) is 9.59 Å². The van der Waals surface area contributed by atoms with Crippen LogP contribution in [-0.4, -0.2) is 35.0 Å². The Morgan fingerprint density at radius 1 is 1.42 bits per heavy atom. The van der Waals surface area contributed by atoms with Crippen LogP contribution in [0.3, 0.4) is 0 Å². The molecule has 1 atom stereocenters. The number of amides is 2. The summed E-state index contributed by atoms with van der Waals surface area (Å²) in [5.41, 5.74) is 0. The summed E-state index contributed by atoms with van der Waals surface area (Å²) in [6.45, 7) is 6.72. The van der Waals surface area contributed by atoms with Crippen LogP contribution in [0.25, 0.3) is 0 Å². The van der Waals surface area contributed by atoms with Crippen LogP contribution in [0, 0.1) is 18.8 Å². The maximum Gasteiger partial charge on any atom is 0.245 e. The highest BCUT2D eigenvalue weighted by molar-refractivity contribution is 5.94. The van der Waals surface area contributed by atoms with E-state index < -0.39 is 0 Å². The summed E-state index contributed by atoms with van der Waals surface area (Å²) in [6, 6.07) is 1.67. The molecule has 24 heavy (non-hydrogen) atoms. The van der Waals surface area contributed by atoms with Crippen LogP contribution < -0.4 is 5.32 Å². The molecule has 6 heteroatoms. The topological polar surface area (TPSA) is 75.4 Å². The Balaban J connectivity index is 1.95. The summed E-state index contributed by atoms with van der Waals surface area (Å²) in [6.07, 6.45) is 6.16. The quantitative estimate of drug-likeness (QED) is 0.711. The minimum Gasteiger partial charge on any atom is -0.360 e. The number of hydrogen-bond acceptors (Lipinski definition) is 4. The normalized spacial score (nSPS) is 15.1. The smallest absolute Gasteiger partial charge is 0.245 e. The molecule has 0 saturated heterocycles. The fourth-order valence-electron chi connectivity index (χ4n) is 2.84. The van der Waals surface area contributed by atoms with Crippen molar-refractivity contribution in [3.8, 4) is 0 Å². The minimum absolute atomic E-state index is 0.0193. The molecule has 1 heterocycles. The molecule has 0 radical (unpaired) electrons. The average molecular weight is 335 g/mol. The van der Waals surface area contributed by atoms with E-state index in [-0.39, 0.29) is 24.3 Å². The Labute approximate surface area is 143 Å². The third kappa shape index (κ3) is 5.65. The molecular weight excluding hydrogens is 306 g/mol. The van der Waals surface area contributed by atoms with Gasteiger partial charge in [0.15, 0.2) is 5.82 Å². The molecule has 1 aromatic heterocycles. The van der Waals surface area contributed by atoms with Gasteiger partial charge < -0.3 is 14.7 Å². The first-order valence-electron chi connectivity index (χ1n) is 9.05. The van der Waals surface area contributed by atoms with Crippen molar-refractivity contribution in [2.24, 2.45) is 11.8 Å². The van der Waals surface area contributed by atoms with Gasteiger partial charge in [0.25, 0.3) is 0 Å². The van der Waals surface area contributed by atoms with Gasteiger partial charge in [0.05, 0.1) is 6.54 Å². The first kappa shape index (κ1) is 18.5. The van der Waals surface area contributed by atoms with Gasteiger partial charge in [0.1, 0.15) is 5.76 Å². The number of anilines is 1. The van der Waals surface area contributed by atoms with E-state index in [4.69, 9.17) is 4.52 Å². The van der Waals surface area contributed by atoms with Crippen molar-refractivity contribution in [2.75, 3.05) is 18.4 Å². The van der Waals surface area contributed by atoms with Crippen LogP contribution in [0.15, 0.2) is 10.6 Å². The molecule has 2 rings (SSSR count). The van der Waals surface area contributed by atoms with E-state index in [2.05, 4.69) is 17.4 Å². The number of carbonyl (C=O) groups excluding carboxylic acids is 2. The Bertz CT molecular complexity index is 551. The SMILES string of the molecule is CCCC[C@H](CC)C(=O)N(CC(=O)Nc1cc(C)on1)CC1CC1. The number of aryl methyl sites for hydroxylation is 1. The number of carbonyl (C=O) groups is 2. The summed E-state index contributed by atoms with van der Waals surface area (Å²) < 4.78 is 4.95. The third-order valence-electron chi connectivity index (χ3n) is 4.47. The fourth-order valence-corrected chi connectivity index (χ4v) is 2.84. The number of nitrogens with one attached hydrogen (secondary N) is 1. The average Bonchev–Trinajstić information content (AvgIpc) is 3.28. The minimum atomic E-state index is -0.220. The van der Waals surface area contributed by atoms with Crippen LogP contribution in [0.4, 0.5) is 5.82 Å². The van der Waals surface area contributed by atoms with E-state index in [1.165, 1.54) is 0 Å². The highest BCUT2D eigenvalue weighted by Crippen LogP contribution is 2.30. The number of hydrogen-bond donors (Lipinski definition) is 1. The first-order valence-corrected chi connectivity index (χ1v) is 9.05. The monoisotopic (exact) mass is 335 g/mol. The number of aromatic nitrogens is 1. The van der Waals surface area contributed by atoms with Crippen molar-refractivity contribution in [1.29, 1.82) is 0 Å². The number of nitrogens with zero attached hydrogens (tertiary/aromatic N) is 2. The van der Waals surface area contributed by atoms with E-state index >= 15 is 0 Å². The van der Waals surface area contributed by atoms with E-state index in [0.29, 0.717) is 24.0 Å². The van der Waals surface area contributed by atoms with Gasteiger partial charge >= 0.3 is 0 Å². The van der Waals surface area contributed by atoms with Crippen molar-refractivity contribution in [3.05, 3.63) is 11.8 Å². The number of rotatable bonds is 10. The van der Waals surface area contributed by atoms with Gasteiger partial charge in [-0.15, -0.1) is 0 Å². The Morgan fingerprint density at radius 3 is 2.71 bits per heavy atom. The molecular formula is C18H29N3O3. The largest absolute Gasteiger partial charge is 0.360 e. The van der Waals surface area contributed by atoms with Gasteiger partial charge in [-0.1, -0.05) is 31.8 Å². The maximum absolute atomic E-state index is 12.8. The molecule has 1 aliphatic carbocycles. The van der Waals surface area contributed by atoms with Crippen molar-refractivity contribution >= 4 is 17.6 Å². The van der Waals surface area contributed by atoms with Crippen molar-refractivity contribution < 1.29 is 14.1 Å². The molecule has 1 saturated carbocycles. The summed E-state index contributed by atoms with van der Waals surface area (Å²) in [5, 5.41) is 6.47. The third-order valence-corrected chi connectivity index (χ3v) is 4.47. The van der Waals surface area contributed by atoms with Crippen LogP contribution >= 0.6 is 0 Å². The zero-order valence-electron chi connectivity index (χ0n) is 15.0. The molecule has 1 fully saturated rings. The van der Waals surface area contributed by atoms with E-state index in [0.717, 1.165) is 38.5 Å². The molecule has 1 aliphatic rings. The molecule has 0 aromatic carbocycles. The lowest BCUT2D eigenvalue weighted by molar-refractivity contribution is -0.139. The number of unbranched alkanes of at least 4 members (excludes halogenated alkanes) is 1. The standard InChI is InChI=1S/C18H29N3O3/c1-4-6-7-15(5-2)18(23)21(11-14-8-9-14)12-17(22)19-16-10-13(3)24-20-16/h10,14-15H,4-9,11-12H2,1-3H3,(H,19,20,22)/t15-/m0/s1. The molecule has 0 aliphatic heterocycles. The van der Waals surface area contributed by atoms with Crippen LogP contribution in [0.1, 0.15) is 58.1 Å². The second-order valence-electron chi connectivity index (χ2n) is 6.78. The van der Waals surface area contributed by atoms with Crippen LogP contribution in [0.5, 0.6) is 0 Å². The van der Waals surface area contributed by atoms with Crippen molar-refractivity contribution in [3.63, 3.8) is 0 Å². The van der Waals surface area contributed by atoms with Crippen molar-refractivity contribution in [1.82, 2.24) is 10.1 Å². The van der Waals surface area contributed by atoms with Gasteiger partial charge in [0, 0.05) is 18.5 Å². The lowest BCUT2D eigenvalue weighted by atomic mass is 9.97. The summed E-state index contributed by atoms with van der Waals surface area (Å²) >= 11 is 0. The molecule has 1 aromatic rings. The van der Waals surface area contributed by atoms with E-state index in [9.17, 15) is 9.59 Å². The molecule has 1 N–H and O–H groups in total. The molecule has 0 bridgehead atoms. The first-order chi connectivity index (χ1) is 11.5. The maximum atomic E-state index is 12.8. The zero-order valence-corrected chi connectivity index (χ0v) is 15.0. The predicted octanol–water partition coefficient (Wildman–Crippen LogP) is 3.38. The molecule has 0 unspecified atom stereocenters. The molecule has 6 nitrogen and oxygen atoms in total. The molecule has 2 amide bonds. The van der Waals surface area contributed by atoms with Gasteiger partial charge in [-0.25, -0.2) is 0 Å². The summed E-state index contributed by atoms with van der Waals surface area (Å²) in [7, 11) is 0. The predicted molar refractivity (Wildman–Crippen MR) is 92.5 cm³/mol. The molecule has 0 spiro atoms. The van der Waals surface area contributed by atoms with Crippen LogP contribution in [-0.2, 0) is 9.59 Å². The fraction of sp³-hybridized carbons (Fsp3) is 0.722. The highest BCUT2D eigenvalue weighted by atomic mass is 16.5. The van der Waals surface area contributed by atoms with Gasteiger partial charge in [-0.2, -0.15) is 0 Å². The summed E-state index contributed by atoms with van der Waals surface area (Å²) in [5.74, 6) is 1.51. The van der Waals surface area contributed by atoms with Gasteiger partial charge in [-0.05, 0) is 38.5 Å². The Kier molecular flexibility index (Phi) is 6.82. The lowest BCUT2D eigenvalue weighted by Crippen LogP contribution is -2.42. The van der Waals surface area contributed by atoms with Gasteiger partial charge in [0.2, 0.25) is 11.8 Å². The molecule has 134 valence electrons. The van der Waals surface area contributed by atoms with Crippen molar-refractivity contribution in [2.45, 2.75) is 59.3 Å². The van der Waals surface area contributed by atoms with E-state index in [1.807, 2.05) is 6.92 Å². The Hall–Kier alpha value is -1.85.